The molecule has 0 aliphatic heterocycles. The summed E-state index contributed by atoms with van der Waals surface area (Å²) >= 11 is 0. The smallest absolute Gasteiger partial charge is 0.261 e. The lowest BCUT2D eigenvalue weighted by atomic mass is 9.93. The normalized spacial score (nSPS) is 11.7. The average Bonchev–Trinajstić information content (AvgIpc) is 3.58. The summed E-state index contributed by atoms with van der Waals surface area (Å²) in [6, 6.07) is 23.5. The van der Waals surface area contributed by atoms with Crippen LogP contribution < -0.4 is 4.74 Å². The van der Waals surface area contributed by atoms with Gasteiger partial charge in [-0.25, -0.2) is 4.98 Å². The quantitative estimate of drug-likeness (QED) is 0.277. The molecule has 1 unspecified atom stereocenters. The summed E-state index contributed by atoms with van der Waals surface area (Å²) in [5, 5.41) is 13.9. The first kappa shape index (κ1) is 24.0. The van der Waals surface area contributed by atoms with Crippen molar-refractivity contribution in [1.29, 1.82) is 5.26 Å². The maximum Gasteiger partial charge on any atom is 0.261 e. The zero-order chi connectivity index (χ0) is 25.8. The van der Waals surface area contributed by atoms with Crippen LogP contribution in [0.5, 0.6) is 5.75 Å². The second-order valence-corrected chi connectivity index (χ2v) is 8.54. The number of benzene rings is 3. The number of imidazole rings is 1. The molecule has 0 saturated carbocycles. The van der Waals surface area contributed by atoms with Crippen molar-refractivity contribution in [2.45, 2.75) is 19.6 Å². The van der Waals surface area contributed by atoms with Crippen molar-refractivity contribution in [3.63, 3.8) is 0 Å². The van der Waals surface area contributed by atoms with Crippen molar-refractivity contribution < 1.29 is 14.0 Å². The Morgan fingerprint density at radius 3 is 2.54 bits per heavy atom. The lowest BCUT2D eigenvalue weighted by Gasteiger charge is -2.19. The Kier molecular flexibility index (Phi) is 6.79. The molecule has 184 valence electrons. The van der Waals surface area contributed by atoms with Crippen molar-refractivity contribution in [1.82, 2.24) is 19.7 Å². The Labute approximate surface area is 214 Å². The van der Waals surface area contributed by atoms with Gasteiger partial charge in [-0.05, 0) is 47.9 Å². The van der Waals surface area contributed by atoms with E-state index in [1.54, 1.807) is 13.3 Å². The third kappa shape index (κ3) is 4.85. The first-order chi connectivity index (χ1) is 18.1. The van der Waals surface area contributed by atoms with Crippen LogP contribution in [0.4, 0.5) is 0 Å². The van der Waals surface area contributed by atoms with E-state index in [2.05, 4.69) is 21.2 Å². The molecular formula is C29H25N5O3. The topological polar surface area (TPSA) is 99.0 Å². The van der Waals surface area contributed by atoms with Gasteiger partial charge in [0.05, 0.1) is 24.3 Å². The van der Waals surface area contributed by atoms with Gasteiger partial charge in [0, 0.05) is 25.0 Å². The molecular weight excluding hydrogens is 466 g/mol. The Hall–Kier alpha value is -4.74. The number of methoxy groups -OCH3 is 1. The van der Waals surface area contributed by atoms with Crippen LogP contribution in [0.3, 0.4) is 0 Å². The molecule has 2 heterocycles. The number of ether oxygens (including phenoxy) is 2. The first-order valence-corrected chi connectivity index (χ1v) is 11.7. The van der Waals surface area contributed by atoms with Crippen molar-refractivity contribution in [2.24, 2.45) is 7.05 Å². The predicted octanol–water partition coefficient (Wildman–Crippen LogP) is 5.63. The number of nitrogens with zero attached hydrogens (tertiary/aromatic N) is 5. The summed E-state index contributed by atoms with van der Waals surface area (Å²) in [6.07, 6.45) is 3.07. The Balaban J connectivity index is 1.48. The molecule has 0 aliphatic rings. The van der Waals surface area contributed by atoms with E-state index >= 15 is 0 Å². The van der Waals surface area contributed by atoms with Crippen molar-refractivity contribution in [2.75, 3.05) is 7.11 Å². The molecule has 3 aromatic carbocycles. The van der Waals surface area contributed by atoms with E-state index in [1.165, 1.54) is 0 Å². The van der Waals surface area contributed by atoms with Crippen LogP contribution in [0, 0.1) is 18.3 Å². The highest BCUT2D eigenvalue weighted by Gasteiger charge is 2.23. The van der Waals surface area contributed by atoms with Gasteiger partial charge in [0.25, 0.3) is 5.89 Å². The third-order valence-electron chi connectivity index (χ3n) is 6.18. The van der Waals surface area contributed by atoms with Gasteiger partial charge < -0.3 is 18.6 Å². The lowest BCUT2D eigenvalue weighted by molar-refractivity contribution is 0.0539. The Morgan fingerprint density at radius 2 is 1.81 bits per heavy atom. The van der Waals surface area contributed by atoms with Gasteiger partial charge in [0.1, 0.15) is 24.3 Å². The van der Waals surface area contributed by atoms with E-state index in [1.807, 2.05) is 91.5 Å². The zero-order valence-electron chi connectivity index (χ0n) is 20.8. The van der Waals surface area contributed by atoms with Crippen LogP contribution in [0.2, 0.25) is 0 Å². The Morgan fingerprint density at radius 1 is 1.03 bits per heavy atom. The van der Waals surface area contributed by atoms with Crippen LogP contribution >= 0.6 is 0 Å². The van der Waals surface area contributed by atoms with Crippen LogP contribution in [0.1, 0.15) is 34.4 Å². The molecule has 0 N–H and O–H groups in total. The van der Waals surface area contributed by atoms with Gasteiger partial charge in [-0.2, -0.15) is 10.2 Å². The fourth-order valence-corrected chi connectivity index (χ4v) is 4.27. The molecule has 0 saturated heterocycles. The molecule has 0 fully saturated rings. The minimum absolute atomic E-state index is 0.0931. The Bertz CT molecular complexity index is 1580. The molecule has 0 aliphatic carbocycles. The van der Waals surface area contributed by atoms with E-state index in [0.717, 1.165) is 22.3 Å². The minimum Gasteiger partial charge on any atom is -0.496 e. The second kappa shape index (κ2) is 10.5. The number of rotatable bonds is 8. The summed E-state index contributed by atoms with van der Waals surface area (Å²) in [5.41, 5.74) is 5.09. The highest BCUT2D eigenvalue weighted by Crippen LogP contribution is 2.33. The average molecular weight is 492 g/mol. The summed E-state index contributed by atoms with van der Waals surface area (Å²) in [5.74, 6) is 2.11. The number of nitriles is 1. The fraction of sp³-hybridized carbons (Fsp3) is 0.172. The highest BCUT2D eigenvalue weighted by molar-refractivity contribution is 5.74. The molecule has 8 nitrogen and oxygen atoms in total. The van der Waals surface area contributed by atoms with E-state index in [-0.39, 0.29) is 6.61 Å². The zero-order valence-corrected chi connectivity index (χ0v) is 20.8. The van der Waals surface area contributed by atoms with Crippen LogP contribution in [0.15, 0.2) is 83.6 Å². The van der Waals surface area contributed by atoms with E-state index in [9.17, 15) is 5.26 Å². The highest BCUT2D eigenvalue weighted by atomic mass is 16.5. The van der Waals surface area contributed by atoms with E-state index in [0.29, 0.717) is 34.4 Å². The number of aromatic nitrogens is 4. The number of para-hydroxylation sites is 1. The van der Waals surface area contributed by atoms with Crippen molar-refractivity contribution in [3.05, 3.63) is 107 Å². The third-order valence-corrected chi connectivity index (χ3v) is 6.18. The molecule has 8 heteroatoms. The number of hydrogen-bond acceptors (Lipinski definition) is 7. The van der Waals surface area contributed by atoms with Gasteiger partial charge in [-0.15, -0.1) is 0 Å². The predicted molar refractivity (Wildman–Crippen MR) is 137 cm³/mol. The maximum absolute atomic E-state index is 9.78. The molecule has 0 amide bonds. The summed E-state index contributed by atoms with van der Waals surface area (Å²) in [4.78, 5) is 9.04. The minimum atomic E-state index is -0.524. The van der Waals surface area contributed by atoms with E-state index < -0.39 is 6.10 Å². The van der Waals surface area contributed by atoms with Gasteiger partial charge in [0.15, 0.2) is 5.82 Å². The molecule has 2 aromatic heterocycles. The van der Waals surface area contributed by atoms with Crippen molar-refractivity contribution in [3.8, 4) is 34.4 Å². The fourth-order valence-electron chi connectivity index (χ4n) is 4.27. The molecule has 5 aromatic rings. The van der Waals surface area contributed by atoms with Gasteiger partial charge in [0.2, 0.25) is 0 Å². The van der Waals surface area contributed by atoms with Gasteiger partial charge >= 0.3 is 0 Å². The number of aryl methyl sites for hydroxylation is 2. The molecule has 5 rings (SSSR count). The van der Waals surface area contributed by atoms with Crippen molar-refractivity contribution >= 4 is 0 Å². The SMILES string of the molecule is COc1ccccc1-c1nc(COC(c2ccc(C#N)c(-c3ccccc3C)c2)c2nccn2C)no1. The van der Waals surface area contributed by atoms with Gasteiger partial charge in [-0.1, -0.05) is 47.6 Å². The second-order valence-electron chi connectivity index (χ2n) is 8.54. The lowest BCUT2D eigenvalue weighted by Crippen LogP contribution is -2.12. The summed E-state index contributed by atoms with van der Waals surface area (Å²) in [6.45, 7) is 2.13. The molecule has 0 spiro atoms. The first-order valence-electron chi connectivity index (χ1n) is 11.7. The molecule has 37 heavy (non-hydrogen) atoms. The standard InChI is InChI=1S/C29H25N5O3/c1-19-8-4-5-9-22(19)24-16-20(12-13-21(24)17-30)27(28-31-14-15-34(28)2)36-18-26-32-29(37-33-26)23-10-6-7-11-25(23)35-3/h4-16,27H,18H2,1-3H3. The summed E-state index contributed by atoms with van der Waals surface area (Å²) < 4.78 is 19.2. The molecule has 1 atom stereocenters. The van der Waals surface area contributed by atoms with Crippen LogP contribution in [-0.4, -0.2) is 26.8 Å². The van der Waals surface area contributed by atoms with Crippen LogP contribution in [-0.2, 0) is 18.4 Å². The summed E-state index contributed by atoms with van der Waals surface area (Å²) in [7, 11) is 3.51. The monoisotopic (exact) mass is 491 g/mol. The maximum atomic E-state index is 9.78. The largest absolute Gasteiger partial charge is 0.496 e. The van der Waals surface area contributed by atoms with Crippen LogP contribution in [0.25, 0.3) is 22.6 Å². The number of hydrogen-bond donors (Lipinski definition) is 0. The van der Waals surface area contributed by atoms with Gasteiger partial charge in [-0.3, -0.25) is 0 Å². The molecule has 0 radical (unpaired) electrons. The van der Waals surface area contributed by atoms with E-state index in [4.69, 9.17) is 14.0 Å². The molecule has 0 bridgehead atoms.